The van der Waals surface area contributed by atoms with E-state index in [4.69, 9.17) is 0 Å². The van der Waals surface area contributed by atoms with Crippen LogP contribution in [0.15, 0.2) is 30.3 Å². The van der Waals surface area contributed by atoms with Crippen LogP contribution in [-0.2, 0) is 0 Å². The van der Waals surface area contributed by atoms with Crippen molar-refractivity contribution in [1.29, 1.82) is 0 Å². The number of likely N-dealkylation sites (tertiary alicyclic amines) is 1. The molecule has 108 valence electrons. The molecule has 2 nitrogen and oxygen atoms in total. The van der Waals surface area contributed by atoms with Gasteiger partial charge < -0.3 is 0 Å². The highest BCUT2D eigenvalue weighted by Gasteiger charge is 2.37. The maximum Gasteiger partial charge on any atom is 0.179 e. The molecule has 2 fully saturated rings. The molecule has 3 atom stereocenters. The summed E-state index contributed by atoms with van der Waals surface area (Å²) >= 11 is 0. The number of rotatable bonds is 3. The first kappa shape index (κ1) is 13.8. The molecule has 1 heterocycles. The molecule has 0 aromatic heterocycles. The van der Waals surface area contributed by atoms with Gasteiger partial charge in [-0.25, -0.2) is 0 Å². The first-order valence-corrected chi connectivity index (χ1v) is 8.12. The van der Waals surface area contributed by atoms with Crippen molar-refractivity contribution in [3.05, 3.63) is 35.9 Å². The molecular formula is C18H25NO. The molecule has 1 aromatic carbocycles. The summed E-state index contributed by atoms with van der Waals surface area (Å²) in [6, 6.07) is 10.5. The van der Waals surface area contributed by atoms with Gasteiger partial charge in [-0.3, -0.25) is 9.69 Å². The third-order valence-corrected chi connectivity index (χ3v) is 5.22. The lowest BCUT2D eigenvalue weighted by Gasteiger charge is -2.46. The molecule has 0 N–H and O–H groups in total. The van der Waals surface area contributed by atoms with E-state index in [0.717, 1.165) is 18.0 Å². The SMILES string of the molecule is CC(C(=O)c1ccccc1)N1CCCC2CCCCC21. The molecule has 3 rings (SSSR count). The Morgan fingerprint density at radius 1 is 1.10 bits per heavy atom. The minimum atomic E-state index is 0.0308. The van der Waals surface area contributed by atoms with E-state index < -0.39 is 0 Å². The quantitative estimate of drug-likeness (QED) is 0.777. The van der Waals surface area contributed by atoms with E-state index in [-0.39, 0.29) is 11.8 Å². The van der Waals surface area contributed by atoms with E-state index in [1.54, 1.807) is 0 Å². The Morgan fingerprint density at radius 2 is 1.80 bits per heavy atom. The number of benzene rings is 1. The highest BCUT2D eigenvalue weighted by Crippen LogP contribution is 2.36. The minimum Gasteiger partial charge on any atom is -0.292 e. The van der Waals surface area contributed by atoms with Gasteiger partial charge in [0.15, 0.2) is 5.78 Å². The third-order valence-electron chi connectivity index (χ3n) is 5.22. The number of nitrogens with zero attached hydrogens (tertiary/aromatic N) is 1. The number of piperidine rings is 1. The van der Waals surface area contributed by atoms with Crippen molar-refractivity contribution in [2.75, 3.05) is 6.54 Å². The van der Waals surface area contributed by atoms with Gasteiger partial charge in [-0.2, -0.15) is 0 Å². The predicted octanol–water partition coefficient (Wildman–Crippen LogP) is 3.91. The van der Waals surface area contributed by atoms with E-state index in [2.05, 4.69) is 11.8 Å². The van der Waals surface area contributed by atoms with Gasteiger partial charge in [-0.1, -0.05) is 43.2 Å². The summed E-state index contributed by atoms with van der Waals surface area (Å²) < 4.78 is 0. The summed E-state index contributed by atoms with van der Waals surface area (Å²) in [5, 5.41) is 0. The van der Waals surface area contributed by atoms with Gasteiger partial charge in [0.2, 0.25) is 0 Å². The molecule has 1 aromatic rings. The van der Waals surface area contributed by atoms with Gasteiger partial charge in [0.25, 0.3) is 0 Å². The number of hydrogen-bond donors (Lipinski definition) is 0. The Morgan fingerprint density at radius 3 is 2.60 bits per heavy atom. The highest BCUT2D eigenvalue weighted by molar-refractivity contribution is 5.99. The maximum absolute atomic E-state index is 12.7. The standard InChI is InChI=1S/C18H25NO/c1-14(18(20)16-9-3-2-4-10-16)19-13-7-11-15-8-5-6-12-17(15)19/h2-4,9-10,14-15,17H,5-8,11-13H2,1H3. The Kier molecular flexibility index (Phi) is 4.21. The topological polar surface area (TPSA) is 20.3 Å². The number of hydrogen-bond acceptors (Lipinski definition) is 2. The van der Waals surface area contributed by atoms with Crippen molar-refractivity contribution in [3.8, 4) is 0 Å². The summed E-state index contributed by atoms with van der Waals surface area (Å²) in [5.74, 6) is 1.13. The summed E-state index contributed by atoms with van der Waals surface area (Å²) in [4.78, 5) is 15.2. The van der Waals surface area contributed by atoms with Gasteiger partial charge in [0.05, 0.1) is 6.04 Å². The molecule has 2 heteroatoms. The van der Waals surface area contributed by atoms with Crippen molar-refractivity contribution in [3.63, 3.8) is 0 Å². The normalized spacial score (nSPS) is 28.6. The first-order chi connectivity index (χ1) is 9.77. The summed E-state index contributed by atoms with van der Waals surface area (Å²) in [6.07, 6.45) is 8.01. The van der Waals surface area contributed by atoms with Crippen molar-refractivity contribution in [1.82, 2.24) is 4.90 Å². The lowest BCUT2D eigenvalue weighted by molar-refractivity contribution is 0.0297. The number of carbonyl (C=O) groups is 1. The zero-order valence-corrected chi connectivity index (χ0v) is 12.4. The zero-order valence-electron chi connectivity index (χ0n) is 12.4. The van der Waals surface area contributed by atoms with Crippen LogP contribution >= 0.6 is 0 Å². The number of ketones is 1. The monoisotopic (exact) mass is 271 g/mol. The van der Waals surface area contributed by atoms with Crippen LogP contribution in [0.2, 0.25) is 0 Å². The molecular weight excluding hydrogens is 246 g/mol. The zero-order chi connectivity index (χ0) is 13.9. The summed E-state index contributed by atoms with van der Waals surface area (Å²) in [7, 11) is 0. The van der Waals surface area contributed by atoms with E-state index in [0.29, 0.717) is 6.04 Å². The smallest absolute Gasteiger partial charge is 0.179 e. The molecule has 0 bridgehead atoms. The Bertz CT molecular complexity index is 454. The molecule has 1 saturated carbocycles. The van der Waals surface area contributed by atoms with Crippen LogP contribution in [0.3, 0.4) is 0 Å². The van der Waals surface area contributed by atoms with Gasteiger partial charge in [0.1, 0.15) is 0 Å². The van der Waals surface area contributed by atoms with Gasteiger partial charge >= 0.3 is 0 Å². The molecule has 20 heavy (non-hydrogen) atoms. The van der Waals surface area contributed by atoms with Crippen LogP contribution in [0.4, 0.5) is 0 Å². The first-order valence-electron chi connectivity index (χ1n) is 8.12. The number of carbonyl (C=O) groups excluding carboxylic acids is 1. The number of Topliss-reactive ketones (excluding diaryl/α,β-unsaturated/α-hetero) is 1. The molecule has 0 amide bonds. The fourth-order valence-electron chi connectivity index (χ4n) is 4.14. The lowest BCUT2D eigenvalue weighted by atomic mass is 9.77. The van der Waals surface area contributed by atoms with Crippen molar-refractivity contribution < 1.29 is 4.79 Å². The van der Waals surface area contributed by atoms with Crippen LogP contribution in [0.5, 0.6) is 0 Å². The third kappa shape index (κ3) is 2.67. The Hall–Kier alpha value is -1.15. The summed E-state index contributed by atoms with van der Waals surface area (Å²) in [6.45, 7) is 3.20. The maximum atomic E-state index is 12.7. The van der Waals surface area contributed by atoms with E-state index >= 15 is 0 Å². The van der Waals surface area contributed by atoms with Crippen molar-refractivity contribution >= 4 is 5.78 Å². The average molecular weight is 271 g/mol. The Balaban J connectivity index is 1.75. The van der Waals surface area contributed by atoms with Crippen LogP contribution in [-0.4, -0.2) is 29.3 Å². The lowest BCUT2D eigenvalue weighted by Crippen LogP contribution is -2.53. The fourth-order valence-corrected chi connectivity index (χ4v) is 4.14. The molecule has 0 radical (unpaired) electrons. The Labute approximate surface area is 122 Å². The second-order valence-electron chi connectivity index (χ2n) is 6.40. The van der Waals surface area contributed by atoms with Gasteiger partial charge in [-0.05, 0) is 45.1 Å². The molecule has 2 aliphatic rings. The molecule has 3 unspecified atom stereocenters. The second-order valence-corrected chi connectivity index (χ2v) is 6.40. The molecule has 1 aliphatic carbocycles. The molecule has 0 spiro atoms. The second kappa shape index (κ2) is 6.09. The van der Waals surface area contributed by atoms with Crippen LogP contribution in [0.25, 0.3) is 0 Å². The van der Waals surface area contributed by atoms with E-state index in [1.165, 1.54) is 38.5 Å². The van der Waals surface area contributed by atoms with Crippen molar-refractivity contribution in [2.45, 2.75) is 57.5 Å². The van der Waals surface area contributed by atoms with Crippen LogP contribution in [0, 0.1) is 5.92 Å². The fraction of sp³-hybridized carbons (Fsp3) is 0.611. The van der Waals surface area contributed by atoms with E-state index in [1.807, 2.05) is 30.3 Å². The molecule has 1 aliphatic heterocycles. The minimum absolute atomic E-state index is 0.0308. The van der Waals surface area contributed by atoms with Crippen LogP contribution < -0.4 is 0 Å². The highest BCUT2D eigenvalue weighted by atomic mass is 16.1. The largest absolute Gasteiger partial charge is 0.292 e. The van der Waals surface area contributed by atoms with Crippen molar-refractivity contribution in [2.24, 2.45) is 5.92 Å². The number of fused-ring (bicyclic) bond motifs is 1. The predicted molar refractivity (Wildman–Crippen MR) is 81.9 cm³/mol. The van der Waals surface area contributed by atoms with Crippen LogP contribution in [0.1, 0.15) is 55.8 Å². The molecule has 1 saturated heterocycles. The summed E-state index contributed by atoms with van der Waals surface area (Å²) in [5.41, 5.74) is 0.859. The van der Waals surface area contributed by atoms with E-state index in [9.17, 15) is 4.79 Å². The van der Waals surface area contributed by atoms with Gasteiger partial charge in [-0.15, -0.1) is 0 Å². The average Bonchev–Trinajstić information content (AvgIpc) is 2.54. The van der Waals surface area contributed by atoms with Gasteiger partial charge in [0, 0.05) is 11.6 Å².